The van der Waals surface area contributed by atoms with Crippen LogP contribution in [0.1, 0.15) is 26.3 Å². The molecule has 0 atom stereocenters. The van der Waals surface area contributed by atoms with E-state index in [-0.39, 0.29) is 5.41 Å². The van der Waals surface area contributed by atoms with Crippen molar-refractivity contribution in [1.82, 2.24) is 19.1 Å². The molecule has 0 amide bonds. The molecule has 11 rings (SSSR count). The molecule has 0 radical (unpaired) electrons. The summed E-state index contributed by atoms with van der Waals surface area (Å²) >= 11 is 0. The van der Waals surface area contributed by atoms with E-state index >= 15 is 0 Å². The van der Waals surface area contributed by atoms with Crippen LogP contribution in [0.3, 0.4) is 0 Å². The monoisotopic (exact) mass is 770 g/mol. The molecule has 0 aliphatic rings. The third kappa shape index (κ3) is 6.08. The lowest BCUT2D eigenvalue weighted by molar-refractivity contribution is 0.591. The number of rotatable bonds is 6. The molecule has 286 valence electrons. The van der Waals surface area contributed by atoms with E-state index in [1.54, 1.807) is 0 Å². The lowest BCUT2D eigenvalue weighted by atomic mass is 9.86. The zero-order valence-electron chi connectivity index (χ0n) is 33.8. The quantitative estimate of drug-likeness (QED) is 0.169. The van der Waals surface area contributed by atoms with Gasteiger partial charge in [-0.05, 0) is 117 Å². The summed E-state index contributed by atoms with van der Waals surface area (Å²) < 4.78 is 4.58. The Morgan fingerprint density at radius 1 is 0.333 bits per heavy atom. The van der Waals surface area contributed by atoms with Crippen molar-refractivity contribution in [1.29, 1.82) is 0 Å². The Morgan fingerprint density at radius 3 is 1.42 bits per heavy atom. The van der Waals surface area contributed by atoms with Gasteiger partial charge in [-0.1, -0.05) is 142 Å². The maximum Gasteiger partial charge on any atom is 0.234 e. The molecule has 60 heavy (non-hydrogen) atoms. The summed E-state index contributed by atoms with van der Waals surface area (Å²) in [4.78, 5) is 10.00. The van der Waals surface area contributed by atoms with Crippen LogP contribution in [0, 0.1) is 0 Å². The first kappa shape index (κ1) is 35.6. The van der Waals surface area contributed by atoms with Gasteiger partial charge < -0.3 is 4.57 Å². The first-order valence-electron chi connectivity index (χ1n) is 20.6. The minimum Gasteiger partial charge on any atom is -0.309 e. The van der Waals surface area contributed by atoms with Crippen molar-refractivity contribution in [3.63, 3.8) is 0 Å². The van der Waals surface area contributed by atoms with Gasteiger partial charge in [-0.3, -0.25) is 4.57 Å². The van der Waals surface area contributed by atoms with Gasteiger partial charge in [0.2, 0.25) is 5.95 Å². The highest BCUT2D eigenvalue weighted by atomic mass is 15.1. The van der Waals surface area contributed by atoms with E-state index in [9.17, 15) is 0 Å². The van der Waals surface area contributed by atoms with Gasteiger partial charge >= 0.3 is 0 Å². The van der Waals surface area contributed by atoms with E-state index < -0.39 is 0 Å². The normalized spacial score (nSPS) is 11.9. The van der Waals surface area contributed by atoms with Crippen molar-refractivity contribution in [3.05, 3.63) is 206 Å². The Hall–Kier alpha value is -7.56. The highest BCUT2D eigenvalue weighted by Gasteiger charge is 2.20. The molecule has 8 aromatic carbocycles. The first-order chi connectivity index (χ1) is 29.4. The minimum atomic E-state index is 0.0391. The van der Waals surface area contributed by atoms with E-state index in [2.05, 4.69) is 218 Å². The second-order valence-corrected chi connectivity index (χ2v) is 16.8. The van der Waals surface area contributed by atoms with Crippen LogP contribution < -0.4 is 0 Å². The van der Waals surface area contributed by atoms with Gasteiger partial charge in [-0.2, -0.15) is 0 Å². The molecule has 0 aliphatic heterocycles. The van der Waals surface area contributed by atoms with Crippen molar-refractivity contribution in [2.24, 2.45) is 0 Å². The van der Waals surface area contributed by atoms with Crippen molar-refractivity contribution in [2.45, 2.75) is 26.2 Å². The molecule has 0 N–H and O–H groups in total. The Balaban J connectivity index is 0.975. The molecule has 3 heterocycles. The van der Waals surface area contributed by atoms with Gasteiger partial charge in [0.1, 0.15) is 0 Å². The summed E-state index contributed by atoms with van der Waals surface area (Å²) in [5.74, 6) is 0.647. The van der Waals surface area contributed by atoms with Gasteiger partial charge in [0.25, 0.3) is 0 Å². The maximum atomic E-state index is 5.00. The fraction of sp³-hybridized carbons (Fsp3) is 0.0714. The largest absolute Gasteiger partial charge is 0.309 e. The van der Waals surface area contributed by atoms with Crippen LogP contribution in [0.15, 0.2) is 200 Å². The SMILES string of the molecule is CC(C)(C)c1ccc2c(c1)c1cc(-c3ccc4c(c3)c3ccccc3n4-c3ncc(-c4cccc(-c5cccc(-c6ccccc6)c5)c4)cn3)ccc1n2-c1ccccc1. The molecule has 0 spiro atoms. The standard InChI is InChI=1S/C56H42N4/c1-56(2,3)45-26-29-53-50(34-45)49-33-43(24-27-52(49)59(53)46-20-8-5-9-21-46)42-25-28-54-48(32-42)47-22-10-11-23-51(47)60(54)55-57-35-44(36-58-55)41-19-13-18-40(31-41)39-17-12-16-38(30-39)37-14-6-4-7-15-37/h4-36H,1-3H3. The van der Waals surface area contributed by atoms with Gasteiger partial charge in [-0.15, -0.1) is 0 Å². The highest BCUT2D eigenvalue weighted by molar-refractivity contribution is 6.12. The predicted octanol–water partition coefficient (Wildman–Crippen LogP) is 14.6. The van der Waals surface area contributed by atoms with Gasteiger partial charge in [0.15, 0.2) is 0 Å². The molecule has 0 unspecified atom stereocenters. The average Bonchev–Trinajstić information content (AvgIpc) is 3.81. The fourth-order valence-electron chi connectivity index (χ4n) is 8.87. The van der Waals surface area contributed by atoms with Crippen LogP contribution in [0.4, 0.5) is 0 Å². The number of aromatic nitrogens is 4. The fourth-order valence-corrected chi connectivity index (χ4v) is 8.87. The summed E-state index contributed by atoms with van der Waals surface area (Å²) in [6, 6.07) is 67.8. The van der Waals surface area contributed by atoms with E-state index in [1.807, 2.05) is 12.4 Å². The van der Waals surface area contributed by atoms with Crippen LogP contribution in [-0.4, -0.2) is 19.1 Å². The van der Waals surface area contributed by atoms with Crippen LogP contribution >= 0.6 is 0 Å². The lowest BCUT2D eigenvalue weighted by Gasteiger charge is -2.19. The molecule has 0 fully saturated rings. The molecule has 3 aromatic heterocycles. The number of hydrogen-bond acceptors (Lipinski definition) is 2. The van der Waals surface area contributed by atoms with Crippen molar-refractivity contribution >= 4 is 43.6 Å². The smallest absolute Gasteiger partial charge is 0.234 e. The van der Waals surface area contributed by atoms with Crippen LogP contribution in [0.5, 0.6) is 0 Å². The van der Waals surface area contributed by atoms with Crippen LogP contribution in [0.2, 0.25) is 0 Å². The van der Waals surface area contributed by atoms with Crippen LogP contribution in [0.25, 0.3) is 99.8 Å². The number of benzene rings is 8. The number of fused-ring (bicyclic) bond motifs is 6. The summed E-state index contributed by atoms with van der Waals surface area (Å²) in [6.07, 6.45) is 3.89. The molecule has 4 heteroatoms. The summed E-state index contributed by atoms with van der Waals surface area (Å²) in [5.41, 5.74) is 16.2. The van der Waals surface area contributed by atoms with Crippen LogP contribution in [-0.2, 0) is 5.41 Å². The third-order valence-corrected chi connectivity index (χ3v) is 12.0. The van der Waals surface area contributed by atoms with E-state index in [1.165, 1.54) is 66.0 Å². The second-order valence-electron chi connectivity index (χ2n) is 16.8. The molecule has 4 nitrogen and oxygen atoms in total. The lowest BCUT2D eigenvalue weighted by Crippen LogP contribution is -2.10. The topological polar surface area (TPSA) is 35.6 Å². The zero-order chi connectivity index (χ0) is 40.4. The Labute approximate surface area is 349 Å². The molecular weight excluding hydrogens is 729 g/mol. The third-order valence-electron chi connectivity index (χ3n) is 12.0. The first-order valence-corrected chi connectivity index (χ1v) is 20.6. The molecule has 0 saturated carbocycles. The maximum absolute atomic E-state index is 5.00. The minimum absolute atomic E-state index is 0.0391. The molecule has 0 bridgehead atoms. The molecule has 0 saturated heterocycles. The van der Waals surface area contributed by atoms with Crippen molar-refractivity contribution in [2.75, 3.05) is 0 Å². The highest BCUT2D eigenvalue weighted by Crippen LogP contribution is 2.39. The van der Waals surface area contributed by atoms with Gasteiger partial charge in [0.05, 0.1) is 22.1 Å². The second kappa shape index (κ2) is 14.1. The van der Waals surface area contributed by atoms with Crippen molar-refractivity contribution in [3.8, 4) is 56.1 Å². The Morgan fingerprint density at radius 2 is 0.783 bits per heavy atom. The summed E-state index contributed by atoms with van der Waals surface area (Å²) in [6.45, 7) is 6.85. The zero-order valence-corrected chi connectivity index (χ0v) is 33.8. The van der Waals surface area contributed by atoms with Crippen molar-refractivity contribution < 1.29 is 0 Å². The Kier molecular flexibility index (Phi) is 8.35. The number of nitrogens with zero attached hydrogens (tertiary/aromatic N) is 4. The van der Waals surface area contributed by atoms with Gasteiger partial charge in [-0.25, -0.2) is 9.97 Å². The molecule has 11 aromatic rings. The average molecular weight is 771 g/mol. The summed E-state index contributed by atoms with van der Waals surface area (Å²) in [7, 11) is 0. The summed E-state index contributed by atoms with van der Waals surface area (Å²) in [5, 5.41) is 4.86. The molecular formula is C56H42N4. The van der Waals surface area contributed by atoms with E-state index in [0.29, 0.717) is 5.95 Å². The number of para-hydroxylation sites is 2. The van der Waals surface area contributed by atoms with Gasteiger partial charge in [0, 0.05) is 45.2 Å². The predicted molar refractivity (Wildman–Crippen MR) is 251 cm³/mol. The van der Waals surface area contributed by atoms with E-state index in [0.717, 1.165) is 33.4 Å². The number of hydrogen-bond donors (Lipinski definition) is 0. The Bertz CT molecular complexity index is 3390. The van der Waals surface area contributed by atoms with E-state index in [4.69, 9.17) is 9.97 Å². The molecule has 0 aliphatic carbocycles.